The normalized spacial score (nSPS) is 10.4. The summed E-state index contributed by atoms with van der Waals surface area (Å²) in [6, 6.07) is 13.8. The Hall–Kier alpha value is -1.36. The van der Waals surface area contributed by atoms with Gasteiger partial charge in [0.25, 0.3) is 0 Å². The Balaban J connectivity index is 1.58. The SMILES string of the molecule is O=C(CNCCc1ccc(Cl)s1)NCc1ccccc1. The minimum absolute atomic E-state index is 0.0121. The zero-order chi connectivity index (χ0) is 14.2. The highest BCUT2D eigenvalue weighted by atomic mass is 35.5. The minimum Gasteiger partial charge on any atom is -0.351 e. The first-order valence-electron chi connectivity index (χ1n) is 6.49. The summed E-state index contributed by atoms with van der Waals surface area (Å²) in [5.41, 5.74) is 1.11. The average Bonchev–Trinajstić information content (AvgIpc) is 2.88. The Labute approximate surface area is 128 Å². The van der Waals surface area contributed by atoms with Gasteiger partial charge in [0, 0.05) is 18.0 Å². The first-order valence-corrected chi connectivity index (χ1v) is 7.69. The predicted molar refractivity (Wildman–Crippen MR) is 84.2 cm³/mol. The van der Waals surface area contributed by atoms with Crippen LogP contribution in [0.25, 0.3) is 0 Å². The van der Waals surface area contributed by atoms with Crippen LogP contribution in [-0.4, -0.2) is 19.0 Å². The van der Waals surface area contributed by atoms with Crippen molar-refractivity contribution in [1.29, 1.82) is 0 Å². The fraction of sp³-hybridized carbons (Fsp3) is 0.267. The molecule has 20 heavy (non-hydrogen) atoms. The Morgan fingerprint density at radius 1 is 1.15 bits per heavy atom. The zero-order valence-electron chi connectivity index (χ0n) is 11.1. The number of carbonyl (C=O) groups is 1. The van der Waals surface area contributed by atoms with E-state index in [0.717, 1.165) is 22.9 Å². The van der Waals surface area contributed by atoms with E-state index < -0.39 is 0 Å². The van der Waals surface area contributed by atoms with Gasteiger partial charge in [-0.2, -0.15) is 0 Å². The van der Waals surface area contributed by atoms with Crippen LogP contribution < -0.4 is 10.6 Å². The predicted octanol–water partition coefficient (Wildman–Crippen LogP) is 2.85. The molecule has 0 aliphatic rings. The first kappa shape index (κ1) is 15.0. The van der Waals surface area contributed by atoms with Gasteiger partial charge < -0.3 is 10.6 Å². The van der Waals surface area contributed by atoms with E-state index in [-0.39, 0.29) is 5.91 Å². The summed E-state index contributed by atoms with van der Waals surface area (Å²) < 4.78 is 0.806. The van der Waals surface area contributed by atoms with E-state index in [1.165, 1.54) is 4.88 Å². The molecule has 0 aliphatic heterocycles. The molecule has 0 fully saturated rings. The highest BCUT2D eigenvalue weighted by Crippen LogP contribution is 2.21. The van der Waals surface area contributed by atoms with Gasteiger partial charge in [0.15, 0.2) is 0 Å². The lowest BCUT2D eigenvalue weighted by atomic mass is 10.2. The van der Waals surface area contributed by atoms with Crippen molar-refractivity contribution in [3.8, 4) is 0 Å². The van der Waals surface area contributed by atoms with Crippen LogP contribution in [0.5, 0.6) is 0 Å². The monoisotopic (exact) mass is 308 g/mol. The fourth-order valence-electron chi connectivity index (χ4n) is 1.76. The summed E-state index contributed by atoms with van der Waals surface area (Å²) in [4.78, 5) is 12.9. The van der Waals surface area contributed by atoms with Crippen molar-refractivity contribution in [2.24, 2.45) is 0 Å². The van der Waals surface area contributed by atoms with Crippen LogP contribution in [-0.2, 0) is 17.8 Å². The Kier molecular flexibility index (Phi) is 6.05. The molecule has 1 amide bonds. The summed E-state index contributed by atoms with van der Waals surface area (Å²) in [5.74, 6) is 0.0121. The van der Waals surface area contributed by atoms with Gasteiger partial charge in [-0.05, 0) is 24.1 Å². The first-order chi connectivity index (χ1) is 9.74. The lowest BCUT2D eigenvalue weighted by Crippen LogP contribution is -2.34. The number of amides is 1. The summed E-state index contributed by atoms with van der Waals surface area (Å²) in [6.45, 7) is 1.68. The molecule has 3 nitrogen and oxygen atoms in total. The van der Waals surface area contributed by atoms with Gasteiger partial charge in [-0.1, -0.05) is 41.9 Å². The highest BCUT2D eigenvalue weighted by molar-refractivity contribution is 7.16. The van der Waals surface area contributed by atoms with Gasteiger partial charge in [-0.25, -0.2) is 0 Å². The second-order valence-corrected chi connectivity index (χ2v) is 6.19. The largest absolute Gasteiger partial charge is 0.351 e. The molecule has 1 heterocycles. The van der Waals surface area contributed by atoms with Gasteiger partial charge in [0.05, 0.1) is 10.9 Å². The molecule has 2 rings (SSSR count). The molecule has 2 N–H and O–H groups in total. The molecule has 0 unspecified atom stereocenters. The Bertz CT molecular complexity index is 542. The van der Waals surface area contributed by atoms with Crippen LogP contribution in [0.1, 0.15) is 10.4 Å². The van der Waals surface area contributed by atoms with Crippen molar-refractivity contribution < 1.29 is 4.79 Å². The number of hydrogen-bond donors (Lipinski definition) is 2. The van der Waals surface area contributed by atoms with Crippen LogP contribution in [0.3, 0.4) is 0 Å². The molecule has 106 valence electrons. The van der Waals surface area contributed by atoms with E-state index in [9.17, 15) is 4.79 Å². The number of thiophene rings is 1. The number of nitrogens with one attached hydrogen (secondary N) is 2. The Morgan fingerprint density at radius 2 is 1.95 bits per heavy atom. The second kappa shape index (κ2) is 8.04. The van der Waals surface area contributed by atoms with Crippen molar-refractivity contribution in [2.45, 2.75) is 13.0 Å². The number of halogens is 1. The van der Waals surface area contributed by atoms with Gasteiger partial charge in [-0.15, -0.1) is 11.3 Å². The summed E-state index contributed by atoms with van der Waals surface area (Å²) in [5, 5.41) is 6.01. The maximum atomic E-state index is 11.6. The average molecular weight is 309 g/mol. The van der Waals surface area contributed by atoms with E-state index in [4.69, 9.17) is 11.6 Å². The molecule has 5 heteroatoms. The number of benzene rings is 1. The maximum Gasteiger partial charge on any atom is 0.234 e. The van der Waals surface area contributed by atoms with Crippen molar-refractivity contribution in [3.05, 3.63) is 57.2 Å². The standard InChI is InChI=1S/C15H17ClN2OS/c16-14-7-6-13(20-14)8-9-17-11-15(19)18-10-12-4-2-1-3-5-12/h1-7,17H,8-11H2,(H,18,19). The molecule has 0 saturated carbocycles. The van der Waals surface area contributed by atoms with Gasteiger partial charge in [0.1, 0.15) is 0 Å². The topological polar surface area (TPSA) is 41.1 Å². The molecular weight excluding hydrogens is 292 g/mol. The third kappa shape index (κ3) is 5.33. The van der Waals surface area contributed by atoms with Crippen LogP contribution in [0.15, 0.2) is 42.5 Å². The molecule has 1 aromatic carbocycles. The van der Waals surface area contributed by atoms with Crippen LogP contribution in [0, 0.1) is 0 Å². The fourth-order valence-corrected chi connectivity index (χ4v) is 2.85. The zero-order valence-corrected chi connectivity index (χ0v) is 12.6. The van der Waals surface area contributed by atoms with Gasteiger partial charge in [-0.3, -0.25) is 4.79 Å². The lowest BCUT2D eigenvalue weighted by molar-refractivity contribution is -0.120. The summed E-state index contributed by atoms with van der Waals surface area (Å²) >= 11 is 7.44. The van der Waals surface area contributed by atoms with Crippen LogP contribution >= 0.6 is 22.9 Å². The molecule has 1 aromatic heterocycles. The third-order valence-corrected chi connectivity index (χ3v) is 4.09. The van der Waals surface area contributed by atoms with E-state index >= 15 is 0 Å². The molecule has 0 atom stereocenters. The lowest BCUT2D eigenvalue weighted by Gasteiger charge is -2.06. The number of rotatable bonds is 7. The van der Waals surface area contributed by atoms with Crippen LogP contribution in [0.4, 0.5) is 0 Å². The summed E-state index contributed by atoms with van der Waals surface area (Å²) in [6.07, 6.45) is 0.892. The molecule has 0 radical (unpaired) electrons. The van der Waals surface area contributed by atoms with Gasteiger partial charge >= 0.3 is 0 Å². The van der Waals surface area contributed by atoms with Crippen molar-refractivity contribution in [2.75, 3.05) is 13.1 Å². The van der Waals surface area contributed by atoms with Crippen molar-refractivity contribution in [3.63, 3.8) is 0 Å². The quantitative estimate of drug-likeness (QED) is 0.772. The van der Waals surface area contributed by atoms with E-state index in [1.54, 1.807) is 11.3 Å². The molecular formula is C15H17ClN2OS. The second-order valence-electron chi connectivity index (χ2n) is 4.39. The molecule has 0 bridgehead atoms. The smallest absolute Gasteiger partial charge is 0.234 e. The van der Waals surface area contributed by atoms with Gasteiger partial charge in [0.2, 0.25) is 5.91 Å². The number of carbonyl (C=O) groups excluding carboxylic acids is 1. The van der Waals surface area contributed by atoms with E-state index in [0.29, 0.717) is 13.1 Å². The third-order valence-electron chi connectivity index (χ3n) is 2.80. The molecule has 2 aromatic rings. The molecule has 0 saturated heterocycles. The van der Waals surface area contributed by atoms with Crippen molar-refractivity contribution in [1.82, 2.24) is 10.6 Å². The van der Waals surface area contributed by atoms with E-state index in [2.05, 4.69) is 10.6 Å². The van der Waals surface area contributed by atoms with E-state index in [1.807, 2.05) is 42.5 Å². The minimum atomic E-state index is 0.0121. The Morgan fingerprint density at radius 3 is 2.65 bits per heavy atom. The van der Waals surface area contributed by atoms with Crippen LogP contribution in [0.2, 0.25) is 4.34 Å². The summed E-state index contributed by atoms with van der Waals surface area (Å²) in [7, 11) is 0. The number of hydrogen-bond acceptors (Lipinski definition) is 3. The maximum absolute atomic E-state index is 11.6. The molecule has 0 spiro atoms. The van der Waals surface area contributed by atoms with Crippen molar-refractivity contribution >= 4 is 28.8 Å². The molecule has 0 aliphatic carbocycles. The highest BCUT2D eigenvalue weighted by Gasteiger charge is 2.01.